The van der Waals surface area contributed by atoms with Crippen LogP contribution >= 0.6 is 11.3 Å². The van der Waals surface area contributed by atoms with E-state index in [0.29, 0.717) is 18.6 Å². The number of aromatic nitrogens is 1. The lowest BCUT2D eigenvalue weighted by Crippen LogP contribution is -2.37. The minimum Gasteiger partial charge on any atom is -0.760 e. The fraction of sp³-hybridized carbons (Fsp3) is 0.526. The topological polar surface area (TPSA) is 74.3 Å². The molecule has 0 bridgehead atoms. The first-order valence-corrected chi connectivity index (χ1v) is 11.1. The maximum absolute atomic E-state index is 13.9. The Labute approximate surface area is 169 Å². The molecule has 9 heteroatoms. The molecular weight excluding hydrogens is 406 g/mol. The lowest BCUT2D eigenvalue weighted by molar-refractivity contribution is -0.0776. The molecule has 0 saturated heterocycles. The van der Waals surface area contributed by atoms with E-state index < -0.39 is 17.2 Å². The Kier molecular flexibility index (Phi) is 7.14. The normalized spacial score (nSPS) is 22.7. The molecule has 154 valence electrons. The van der Waals surface area contributed by atoms with Gasteiger partial charge in [0, 0.05) is 53.2 Å². The summed E-state index contributed by atoms with van der Waals surface area (Å²) in [6.07, 6.45) is 2.34. The Hall–Kier alpha value is -1.42. The highest BCUT2D eigenvalue weighted by atomic mass is 32.2. The molecule has 1 heterocycles. The fourth-order valence-electron chi connectivity index (χ4n) is 3.57. The summed E-state index contributed by atoms with van der Waals surface area (Å²) in [6, 6.07) is 7.47. The second-order valence-corrected chi connectivity index (χ2v) is 9.14. The zero-order valence-corrected chi connectivity index (χ0v) is 17.2. The third-order valence-corrected chi connectivity index (χ3v) is 6.43. The average molecular weight is 430 g/mol. The number of benzene rings is 1. The van der Waals surface area contributed by atoms with E-state index in [1.165, 1.54) is 0 Å². The Morgan fingerprint density at radius 1 is 1.36 bits per heavy atom. The standard InChI is InChI=1S/C19H24F2N2O3S2/c1-13-11-22-18(27-13)15-2-4-17(5-3-15)26-12-16-10-19(20,21)8-6-14(16)7-9-23-28(24)25/h2-5,11,14,16,23H,6-10,12H2,1H3,(H,24,25)/p-1/t14-,16-/m0/s1. The van der Waals surface area contributed by atoms with Crippen molar-refractivity contribution in [1.29, 1.82) is 0 Å². The second kappa shape index (κ2) is 9.39. The van der Waals surface area contributed by atoms with Crippen LogP contribution in [-0.2, 0) is 11.3 Å². The highest BCUT2D eigenvalue weighted by Crippen LogP contribution is 2.41. The zero-order valence-electron chi connectivity index (χ0n) is 15.5. The van der Waals surface area contributed by atoms with E-state index in [1.807, 2.05) is 37.4 Å². The van der Waals surface area contributed by atoms with Gasteiger partial charge in [-0.15, -0.1) is 11.3 Å². The molecule has 5 nitrogen and oxygen atoms in total. The molecule has 3 atom stereocenters. The number of aryl methyl sites for hydroxylation is 1. The number of nitrogens with one attached hydrogen (secondary N) is 1. The molecule has 28 heavy (non-hydrogen) atoms. The van der Waals surface area contributed by atoms with Gasteiger partial charge in [-0.2, -0.15) is 0 Å². The van der Waals surface area contributed by atoms with Crippen molar-refractivity contribution in [2.45, 2.75) is 38.5 Å². The predicted molar refractivity (Wildman–Crippen MR) is 105 cm³/mol. The van der Waals surface area contributed by atoms with E-state index in [2.05, 4.69) is 9.71 Å². The van der Waals surface area contributed by atoms with Crippen LogP contribution in [0.5, 0.6) is 5.75 Å². The molecule has 0 aliphatic heterocycles. The summed E-state index contributed by atoms with van der Waals surface area (Å²) >= 11 is -0.723. The van der Waals surface area contributed by atoms with Crippen LogP contribution in [0.3, 0.4) is 0 Å². The highest BCUT2D eigenvalue weighted by Gasteiger charge is 2.41. The van der Waals surface area contributed by atoms with Crippen LogP contribution in [0.4, 0.5) is 8.78 Å². The second-order valence-electron chi connectivity index (χ2n) is 7.15. The van der Waals surface area contributed by atoms with Gasteiger partial charge in [-0.1, -0.05) is 0 Å². The minimum atomic E-state index is -2.69. The van der Waals surface area contributed by atoms with E-state index >= 15 is 0 Å². The number of hydrogen-bond donors (Lipinski definition) is 1. The van der Waals surface area contributed by atoms with Crippen molar-refractivity contribution in [2.75, 3.05) is 13.2 Å². The minimum absolute atomic E-state index is 0.00763. The van der Waals surface area contributed by atoms with Crippen LogP contribution in [0, 0.1) is 18.8 Å². The Bertz CT molecular complexity index is 799. The summed E-state index contributed by atoms with van der Waals surface area (Å²) in [5.74, 6) is -2.37. The molecule has 3 rings (SSSR count). The quantitative estimate of drug-likeness (QED) is 0.634. The van der Waals surface area contributed by atoms with E-state index in [4.69, 9.17) is 4.74 Å². The first-order chi connectivity index (χ1) is 13.3. The number of nitrogens with zero attached hydrogens (tertiary/aromatic N) is 1. The van der Waals surface area contributed by atoms with E-state index in [-0.39, 0.29) is 37.8 Å². The summed E-state index contributed by atoms with van der Waals surface area (Å²) in [5, 5.41) is 0.930. The van der Waals surface area contributed by atoms with Crippen molar-refractivity contribution < 1.29 is 22.3 Å². The van der Waals surface area contributed by atoms with E-state index in [9.17, 15) is 17.5 Å². The molecule has 0 spiro atoms. The van der Waals surface area contributed by atoms with Crippen LogP contribution < -0.4 is 9.46 Å². The Morgan fingerprint density at radius 3 is 2.75 bits per heavy atom. The number of ether oxygens (including phenoxy) is 1. The van der Waals surface area contributed by atoms with Gasteiger partial charge in [0.15, 0.2) is 0 Å². The number of thiazole rings is 1. The van der Waals surface area contributed by atoms with Gasteiger partial charge in [-0.25, -0.2) is 18.5 Å². The third kappa shape index (κ3) is 6.04. The van der Waals surface area contributed by atoms with Gasteiger partial charge in [0.2, 0.25) is 5.92 Å². The molecule has 1 saturated carbocycles. The third-order valence-electron chi connectivity index (χ3n) is 5.03. The lowest BCUT2D eigenvalue weighted by Gasteiger charge is -2.36. The highest BCUT2D eigenvalue weighted by molar-refractivity contribution is 7.77. The van der Waals surface area contributed by atoms with Gasteiger partial charge in [0.1, 0.15) is 10.8 Å². The summed E-state index contributed by atoms with van der Waals surface area (Å²) in [7, 11) is 0. The Morgan fingerprint density at radius 2 is 2.11 bits per heavy atom. The van der Waals surface area contributed by atoms with E-state index in [1.54, 1.807) is 11.3 Å². The molecule has 1 aromatic carbocycles. The summed E-state index contributed by atoms with van der Waals surface area (Å²) in [6.45, 7) is 2.44. The molecule has 1 N–H and O–H groups in total. The number of alkyl halides is 2. The summed E-state index contributed by atoms with van der Waals surface area (Å²) in [4.78, 5) is 5.48. The lowest BCUT2D eigenvalue weighted by atomic mass is 9.76. The van der Waals surface area contributed by atoms with Crippen LogP contribution in [0.1, 0.15) is 30.6 Å². The number of rotatable bonds is 8. The zero-order chi connectivity index (χ0) is 20.1. The molecule has 1 unspecified atom stereocenters. The fourth-order valence-corrected chi connectivity index (χ4v) is 4.63. The monoisotopic (exact) mass is 429 g/mol. The number of hydrogen-bond acceptors (Lipinski definition) is 5. The maximum Gasteiger partial charge on any atom is 0.248 e. The SMILES string of the molecule is Cc1cnc(-c2ccc(OC[C@@H]3CC(F)(F)CC[C@H]3CCNS(=O)[O-])cc2)s1. The van der Waals surface area contributed by atoms with Crippen molar-refractivity contribution in [3.8, 4) is 16.3 Å². The molecule has 0 radical (unpaired) electrons. The summed E-state index contributed by atoms with van der Waals surface area (Å²) < 4.78 is 57.1. The van der Waals surface area contributed by atoms with Crippen molar-refractivity contribution in [1.82, 2.24) is 9.71 Å². The van der Waals surface area contributed by atoms with Crippen molar-refractivity contribution in [3.63, 3.8) is 0 Å². The van der Waals surface area contributed by atoms with Crippen molar-refractivity contribution in [2.24, 2.45) is 11.8 Å². The van der Waals surface area contributed by atoms with Gasteiger partial charge in [0.25, 0.3) is 0 Å². The molecule has 1 fully saturated rings. The molecule has 1 aromatic heterocycles. The molecule has 2 aromatic rings. The average Bonchev–Trinajstić information content (AvgIpc) is 3.08. The van der Waals surface area contributed by atoms with Gasteiger partial charge in [-0.05, 0) is 49.9 Å². The molecule has 1 aliphatic carbocycles. The predicted octanol–water partition coefficient (Wildman–Crippen LogP) is 4.32. The van der Waals surface area contributed by atoms with Crippen molar-refractivity contribution in [3.05, 3.63) is 35.3 Å². The smallest absolute Gasteiger partial charge is 0.248 e. The molecule has 0 amide bonds. The first-order valence-electron chi connectivity index (χ1n) is 9.19. The van der Waals surface area contributed by atoms with Gasteiger partial charge < -0.3 is 9.29 Å². The Balaban J connectivity index is 1.58. The van der Waals surface area contributed by atoms with Crippen molar-refractivity contribution >= 4 is 22.6 Å². The number of halogens is 2. The largest absolute Gasteiger partial charge is 0.760 e. The van der Waals surface area contributed by atoms with Crippen LogP contribution in [0.25, 0.3) is 10.6 Å². The summed E-state index contributed by atoms with van der Waals surface area (Å²) in [5.41, 5.74) is 0.990. The van der Waals surface area contributed by atoms with E-state index in [0.717, 1.165) is 15.4 Å². The molecular formula is C19H23F2N2O3S2-. The van der Waals surface area contributed by atoms with Gasteiger partial charge in [0.05, 0.1) is 6.61 Å². The van der Waals surface area contributed by atoms with Crippen LogP contribution in [0.2, 0.25) is 0 Å². The maximum atomic E-state index is 13.9. The molecule has 1 aliphatic rings. The first kappa shape index (κ1) is 21.3. The van der Waals surface area contributed by atoms with Crippen LogP contribution in [-0.4, -0.2) is 32.8 Å². The van der Waals surface area contributed by atoms with Gasteiger partial charge in [-0.3, -0.25) is 4.21 Å². The van der Waals surface area contributed by atoms with Crippen LogP contribution in [0.15, 0.2) is 30.5 Å². The van der Waals surface area contributed by atoms with Gasteiger partial charge >= 0.3 is 0 Å².